The van der Waals surface area contributed by atoms with Crippen LogP contribution in [0.4, 0.5) is 0 Å². The van der Waals surface area contributed by atoms with Gasteiger partial charge < -0.3 is 10.6 Å². The van der Waals surface area contributed by atoms with Gasteiger partial charge in [-0.15, -0.1) is 0 Å². The summed E-state index contributed by atoms with van der Waals surface area (Å²) >= 11 is 0. The van der Waals surface area contributed by atoms with Gasteiger partial charge >= 0.3 is 0 Å². The van der Waals surface area contributed by atoms with E-state index in [-0.39, 0.29) is 0 Å². The standard InChI is InChI=1S/C13H30N2/c1-5-6-7-10-15(12(2)3)11-13(4)8-9-14/h12-13H,5-11,14H2,1-4H3. The Bertz CT molecular complexity index is 134. The van der Waals surface area contributed by atoms with Crippen LogP contribution in [0.1, 0.15) is 53.4 Å². The van der Waals surface area contributed by atoms with Crippen LogP contribution in [0.3, 0.4) is 0 Å². The number of hydrogen-bond donors (Lipinski definition) is 1. The fraction of sp³-hybridized carbons (Fsp3) is 1.00. The third kappa shape index (κ3) is 7.80. The lowest BCUT2D eigenvalue weighted by molar-refractivity contribution is 0.186. The maximum Gasteiger partial charge on any atom is 0.00387 e. The summed E-state index contributed by atoms with van der Waals surface area (Å²) < 4.78 is 0. The molecular weight excluding hydrogens is 184 g/mol. The summed E-state index contributed by atoms with van der Waals surface area (Å²) in [6, 6.07) is 0.669. The SMILES string of the molecule is CCCCCN(CC(C)CCN)C(C)C. The van der Waals surface area contributed by atoms with Crippen LogP contribution in [0.5, 0.6) is 0 Å². The first-order chi connectivity index (χ1) is 7.11. The van der Waals surface area contributed by atoms with Crippen LogP contribution in [0, 0.1) is 5.92 Å². The third-order valence-electron chi connectivity index (χ3n) is 2.98. The molecule has 0 rings (SSSR count). The van der Waals surface area contributed by atoms with E-state index in [0.29, 0.717) is 6.04 Å². The van der Waals surface area contributed by atoms with Gasteiger partial charge in [0.25, 0.3) is 0 Å². The second kappa shape index (κ2) is 9.17. The molecule has 15 heavy (non-hydrogen) atoms. The van der Waals surface area contributed by atoms with Gasteiger partial charge in [-0.25, -0.2) is 0 Å². The van der Waals surface area contributed by atoms with Gasteiger partial charge in [-0.05, 0) is 45.7 Å². The first kappa shape index (κ1) is 14.9. The first-order valence-corrected chi connectivity index (χ1v) is 6.55. The van der Waals surface area contributed by atoms with Crippen LogP contribution >= 0.6 is 0 Å². The second-order valence-corrected chi connectivity index (χ2v) is 4.98. The van der Waals surface area contributed by atoms with Gasteiger partial charge in [0.05, 0.1) is 0 Å². The summed E-state index contributed by atoms with van der Waals surface area (Å²) in [7, 11) is 0. The van der Waals surface area contributed by atoms with E-state index in [1.807, 2.05) is 0 Å². The van der Waals surface area contributed by atoms with E-state index in [1.54, 1.807) is 0 Å². The lowest BCUT2D eigenvalue weighted by Gasteiger charge is -2.29. The Morgan fingerprint density at radius 1 is 1.13 bits per heavy atom. The molecule has 0 aromatic heterocycles. The largest absolute Gasteiger partial charge is 0.330 e. The van der Waals surface area contributed by atoms with Crippen molar-refractivity contribution in [2.45, 2.75) is 59.4 Å². The summed E-state index contributed by atoms with van der Waals surface area (Å²) in [5.41, 5.74) is 5.58. The van der Waals surface area contributed by atoms with Crippen molar-refractivity contribution >= 4 is 0 Å². The average molecular weight is 214 g/mol. The zero-order chi connectivity index (χ0) is 11.7. The second-order valence-electron chi connectivity index (χ2n) is 4.98. The molecule has 92 valence electrons. The molecule has 0 aromatic carbocycles. The molecular formula is C13H30N2. The molecule has 0 bridgehead atoms. The van der Waals surface area contributed by atoms with E-state index >= 15 is 0 Å². The molecule has 1 unspecified atom stereocenters. The van der Waals surface area contributed by atoms with Crippen LogP contribution < -0.4 is 5.73 Å². The molecule has 0 saturated heterocycles. The molecule has 0 aliphatic rings. The van der Waals surface area contributed by atoms with Crippen LogP contribution in [0.25, 0.3) is 0 Å². The van der Waals surface area contributed by atoms with Gasteiger partial charge in [0, 0.05) is 12.6 Å². The lowest BCUT2D eigenvalue weighted by atomic mass is 10.1. The van der Waals surface area contributed by atoms with Crippen molar-refractivity contribution in [1.82, 2.24) is 4.90 Å². The van der Waals surface area contributed by atoms with Crippen LogP contribution in [0.15, 0.2) is 0 Å². The zero-order valence-electron chi connectivity index (χ0n) is 11.1. The molecule has 0 heterocycles. The number of rotatable bonds is 9. The van der Waals surface area contributed by atoms with Crippen LogP contribution in [-0.2, 0) is 0 Å². The predicted octanol–water partition coefficient (Wildman–Crippen LogP) is 2.87. The fourth-order valence-corrected chi connectivity index (χ4v) is 1.90. The highest BCUT2D eigenvalue weighted by atomic mass is 15.1. The average Bonchev–Trinajstić information content (AvgIpc) is 2.16. The predicted molar refractivity (Wildman–Crippen MR) is 69.1 cm³/mol. The van der Waals surface area contributed by atoms with E-state index < -0.39 is 0 Å². The number of unbranched alkanes of at least 4 members (excludes halogenated alkanes) is 2. The van der Waals surface area contributed by atoms with Crippen LogP contribution in [0.2, 0.25) is 0 Å². The monoisotopic (exact) mass is 214 g/mol. The minimum atomic E-state index is 0.669. The van der Waals surface area contributed by atoms with E-state index in [2.05, 4.69) is 32.6 Å². The summed E-state index contributed by atoms with van der Waals surface area (Å²) in [6.45, 7) is 12.4. The molecule has 0 spiro atoms. The summed E-state index contributed by atoms with van der Waals surface area (Å²) in [5, 5.41) is 0. The Morgan fingerprint density at radius 2 is 1.80 bits per heavy atom. The Morgan fingerprint density at radius 3 is 2.27 bits per heavy atom. The molecule has 0 aromatic rings. The molecule has 2 heteroatoms. The normalized spacial score (nSPS) is 13.8. The lowest BCUT2D eigenvalue weighted by Crippen LogP contribution is -2.36. The van der Waals surface area contributed by atoms with Gasteiger partial charge in [0.1, 0.15) is 0 Å². The quantitative estimate of drug-likeness (QED) is 0.598. The molecule has 0 aliphatic heterocycles. The van der Waals surface area contributed by atoms with Crippen molar-refractivity contribution in [3.63, 3.8) is 0 Å². The Balaban J connectivity index is 3.82. The number of nitrogens with two attached hydrogens (primary N) is 1. The van der Waals surface area contributed by atoms with Crippen molar-refractivity contribution in [1.29, 1.82) is 0 Å². The molecule has 0 saturated carbocycles. The summed E-state index contributed by atoms with van der Waals surface area (Å²) in [6.07, 6.45) is 5.15. The highest BCUT2D eigenvalue weighted by Gasteiger charge is 2.12. The molecule has 2 N–H and O–H groups in total. The molecule has 0 fully saturated rings. The van der Waals surface area contributed by atoms with Gasteiger partial charge in [0.15, 0.2) is 0 Å². The zero-order valence-corrected chi connectivity index (χ0v) is 11.1. The van der Waals surface area contributed by atoms with Crippen molar-refractivity contribution in [2.24, 2.45) is 11.7 Å². The van der Waals surface area contributed by atoms with Gasteiger partial charge in [-0.1, -0.05) is 26.7 Å². The Kier molecular flexibility index (Phi) is 9.12. The van der Waals surface area contributed by atoms with E-state index in [4.69, 9.17) is 5.73 Å². The summed E-state index contributed by atoms with van der Waals surface area (Å²) in [5.74, 6) is 0.735. The van der Waals surface area contributed by atoms with Crippen molar-refractivity contribution in [3.05, 3.63) is 0 Å². The topological polar surface area (TPSA) is 29.3 Å². The molecule has 0 radical (unpaired) electrons. The number of nitrogens with zero attached hydrogens (tertiary/aromatic N) is 1. The Labute approximate surface area is 96.2 Å². The minimum Gasteiger partial charge on any atom is -0.330 e. The molecule has 0 amide bonds. The minimum absolute atomic E-state index is 0.669. The summed E-state index contributed by atoms with van der Waals surface area (Å²) in [4.78, 5) is 2.59. The maximum absolute atomic E-state index is 5.58. The van der Waals surface area contributed by atoms with Crippen molar-refractivity contribution < 1.29 is 0 Å². The van der Waals surface area contributed by atoms with Crippen molar-refractivity contribution in [3.8, 4) is 0 Å². The highest BCUT2D eigenvalue weighted by molar-refractivity contribution is 4.67. The molecule has 2 nitrogen and oxygen atoms in total. The first-order valence-electron chi connectivity index (χ1n) is 6.55. The van der Waals surface area contributed by atoms with Crippen LogP contribution in [-0.4, -0.2) is 30.6 Å². The van der Waals surface area contributed by atoms with E-state index in [0.717, 1.165) is 18.9 Å². The van der Waals surface area contributed by atoms with E-state index in [1.165, 1.54) is 32.4 Å². The third-order valence-corrected chi connectivity index (χ3v) is 2.98. The fourth-order valence-electron chi connectivity index (χ4n) is 1.90. The van der Waals surface area contributed by atoms with Gasteiger partial charge in [-0.3, -0.25) is 0 Å². The molecule has 1 atom stereocenters. The number of hydrogen-bond acceptors (Lipinski definition) is 2. The van der Waals surface area contributed by atoms with Gasteiger partial charge in [-0.2, -0.15) is 0 Å². The maximum atomic E-state index is 5.58. The van der Waals surface area contributed by atoms with Crippen molar-refractivity contribution in [2.75, 3.05) is 19.6 Å². The van der Waals surface area contributed by atoms with E-state index in [9.17, 15) is 0 Å². The highest BCUT2D eigenvalue weighted by Crippen LogP contribution is 2.09. The Hall–Kier alpha value is -0.0800. The van der Waals surface area contributed by atoms with Gasteiger partial charge in [0.2, 0.25) is 0 Å². The molecule has 0 aliphatic carbocycles. The smallest absolute Gasteiger partial charge is 0.00387 e.